The summed E-state index contributed by atoms with van der Waals surface area (Å²) in [5.74, 6) is 6.61. The van der Waals surface area contributed by atoms with Crippen LogP contribution < -0.4 is 11.1 Å². The number of nitrogens with two attached hydrogens (primary N) is 2. The fourth-order valence-electron chi connectivity index (χ4n) is 0.779. The second-order valence-electron chi connectivity index (χ2n) is 2.36. The van der Waals surface area contributed by atoms with Gasteiger partial charge in [0.2, 0.25) is 0 Å². The molecule has 0 spiro atoms. The molecule has 4 N–H and O–H groups in total. The van der Waals surface area contributed by atoms with Crippen molar-refractivity contribution in [3.05, 3.63) is 35.9 Å². The van der Waals surface area contributed by atoms with Gasteiger partial charge in [0, 0.05) is 5.56 Å². The van der Waals surface area contributed by atoms with E-state index >= 15 is 0 Å². The first-order chi connectivity index (χ1) is 6.29. The lowest BCUT2D eigenvalue weighted by Crippen LogP contribution is -2.43. The van der Waals surface area contributed by atoms with Crippen molar-refractivity contribution in [2.45, 2.75) is 0 Å². The van der Waals surface area contributed by atoms with E-state index in [1.165, 1.54) is 11.8 Å². The molecule has 1 aromatic carbocycles. The average molecular weight is 191 g/mol. The molecule has 1 rings (SSSR count). The first-order valence-electron chi connectivity index (χ1n) is 3.83. The van der Waals surface area contributed by atoms with E-state index in [9.17, 15) is 0 Å². The maximum atomic E-state index is 5.26. The standard InChI is InChI=1S/C10H10N2S/c11-10(12)13-8-4-7-9-5-2-1-3-6-9/h1-3,5-6H,8H2,(H3,11,12)/p+1. The third-order valence-electron chi connectivity index (χ3n) is 1.32. The lowest BCUT2D eigenvalue weighted by molar-refractivity contribution is -0.110. The topological polar surface area (TPSA) is 51.6 Å². The monoisotopic (exact) mass is 191 g/mol. The highest BCUT2D eigenvalue weighted by Crippen LogP contribution is 1.96. The predicted octanol–water partition coefficient (Wildman–Crippen LogP) is -0.155. The van der Waals surface area contributed by atoms with Gasteiger partial charge in [0.25, 0.3) is 0 Å². The highest BCUT2D eigenvalue weighted by atomic mass is 32.2. The van der Waals surface area contributed by atoms with Crippen LogP contribution in [0.5, 0.6) is 0 Å². The minimum Gasteiger partial charge on any atom is -0.282 e. The van der Waals surface area contributed by atoms with Crippen LogP contribution in [-0.2, 0) is 0 Å². The number of hydrogen-bond acceptors (Lipinski definition) is 1. The van der Waals surface area contributed by atoms with Gasteiger partial charge in [0.1, 0.15) is 0 Å². The molecule has 0 bridgehead atoms. The summed E-state index contributed by atoms with van der Waals surface area (Å²) in [5.41, 5.74) is 6.27. The Morgan fingerprint density at radius 2 is 2.08 bits per heavy atom. The van der Waals surface area contributed by atoms with Crippen molar-refractivity contribution in [3.8, 4) is 11.8 Å². The molecule has 0 saturated carbocycles. The molecule has 0 radical (unpaired) electrons. The average Bonchev–Trinajstić information content (AvgIpc) is 2.14. The summed E-state index contributed by atoms with van der Waals surface area (Å²) in [6.07, 6.45) is 0. The molecule has 0 heterocycles. The number of thioether (sulfide) groups is 1. The first kappa shape index (κ1) is 9.69. The highest BCUT2D eigenvalue weighted by molar-refractivity contribution is 8.13. The summed E-state index contributed by atoms with van der Waals surface area (Å²) in [6.45, 7) is 0. The minimum atomic E-state index is 0.363. The number of amidine groups is 1. The number of hydrogen-bond donors (Lipinski definition) is 2. The van der Waals surface area contributed by atoms with Crippen LogP contribution in [-0.4, -0.2) is 10.9 Å². The van der Waals surface area contributed by atoms with Crippen molar-refractivity contribution >= 4 is 16.9 Å². The van der Waals surface area contributed by atoms with Crippen LogP contribution in [0.2, 0.25) is 0 Å². The van der Waals surface area contributed by atoms with Crippen LogP contribution >= 0.6 is 11.8 Å². The van der Waals surface area contributed by atoms with Gasteiger partial charge >= 0.3 is 5.17 Å². The molecule has 0 fully saturated rings. The molecular formula is C10H11N2S+. The fourth-order valence-corrected chi connectivity index (χ4v) is 1.09. The second kappa shape index (κ2) is 5.28. The van der Waals surface area contributed by atoms with E-state index in [1.807, 2.05) is 30.3 Å². The van der Waals surface area contributed by atoms with Crippen LogP contribution in [0.25, 0.3) is 0 Å². The quantitative estimate of drug-likeness (QED) is 0.368. The lowest BCUT2D eigenvalue weighted by atomic mass is 10.2. The largest absolute Gasteiger partial charge is 0.300 e. The third-order valence-corrected chi connectivity index (χ3v) is 1.94. The SMILES string of the molecule is NC(=[NH2+])SCC#Cc1ccccc1. The fraction of sp³-hybridized carbons (Fsp3) is 0.100. The molecule has 1 aromatic rings. The molecule has 0 aliphatic carbocycles. The Kier molecular flexibility index (Phi) is 3.94. The van der Waals surface area contributed by atoms with E-state index in [0.29, 0.717) is 10.9 Å². The van der Waals surface area contributed by atoms with Crippen molar-refractivity contribution in [1.29, 1.82) is 0 Å². The van der Waals surface area contributed by atoms with Gasteiger partial charge in [-0.3, -0.25) is 11.1 Å². The van der Waals surface area contributed by atoms with E-state index in [4.69, 9.17) is 11.1 Å². The van der Waals surface area contributed by atoms with Crippen molar-refractivity contribution in [1.82, 2.24) is 0 Å². The molecule has 0 aliphatic heterocycles. The van der Waals surface area contributed by atoms with Crippen molar-refractivity contribution in [2.75, 3.05) is 5.75 Å². The minimum absolute atomic E-state index is 0.363. The molecular weight excluding hydrogens is 180 g/mol. The van der Waals surface area contributed by atoms with E-state index in [0.717, 1.165) is 5.56 Å². The van der Waals surface area contributed by atoms with Crippen molar-refractivity contribution in [2.24, 2.45) is 5.73 Å². The van der Waals surface area contributed by atoms with Crippen LogP contribution in [0.1, 0.15) is 5.56 Å². The summed E-state index contributed by atoms with van der Waals surface area (Å²) < 4.78 is 0. The summed E-state index contributed by atoms with van der Waals surface area (Å²) in [6, 6.07) is 9.81. The zero-order valence-corrected chi connectivity index (χ0v) is 7.97. The molecule has 0 saturated heterocycles. The maximum absolute atomic E-state index is 5.26. The molecule has 0 atom stereocenters. The molecule has 13 heavy (non-hydrogen) atoms. The van der Waals surface area contributed by atoms with Gasteiger partial charge in [0.15, 0.2) is 0 Å². The predicted molar refractivity (Wildman–Crippen MR) is 56.9 cm³/mol. The molecule has 0 aromatic heterocycles. The Balaban J connectivity index is 2.44. The zero-order valence-electron chi connectivity index (χ0n) is 7.16. The van der Waals surface area contributed by atoms with Gasteiger partial charge < -0.3 is 0 Å². The van der Waals surface area contributed by atoms with E-state index in [2.05, 4.69) is 11.8 Å². The van der Waals surface area contributed by atoms with E-state index in [-0.39, 0.29) is 0 Å². The normalized spacial score (nSPS) is 8.62. The molecule has 3 heteroatoms. The van der Waals surface area contributed by atoms with E-state index in [1.54, 1.807) is 0 Å². The Bertz CT molecular complexity index is 335. The highest BCUT2D eigenvalue weighted by Gasteiger charge is 1.90. The van der Waals surface area contributed by atoms with Gasteiger partial charge in [0.05, 0.1) is 5.75 Å². The summed E-state index contributed by atoms with van der Waals surface area (Å²) in [5, 5.41) is 5.62. The number of rotatable bonds is 1. The molecule has 0 unspecified atom stereocenters. The molecule has 2 nitrogen and oxygen atoms in total. The van der Waals surface area contributed by atoms with Crippen molar-refractivity contribution < 1.29 is 5.41 Å². The van der Waals surface area contributed by atoms with Crippen LogP contribution in [0, 0.1) is 11.8 Å². The van der Waals surface area contributed by atoms with Crippen LogP contribution in [0.4, 0.5) is 0 Å². The van der Waals surface area contributed by atoms with Crippen molar-refractivity contribution in [3.63, 3.8) is 0 Å². The molecule has 66 valence electrons. The molecule has 0 amide bonds. The van der Waals surface area contributed by atoms with Gasteiger partial charge in [-0.2, -0.15) is 0 Å². The number of benzene rings is 1. The van der Waals surface area contributed by atoms with E-state index < -0.39 is 0 Å². The first-order valence-corrected chi connectivity index (χ1v) is 4.82. The Morgan fingerprint density at radius 1 is 1.38 bits per heavy atom. The van der Waals surface area contributed by atoms with Gasteiger partial charge in [-0.05, 0) is 23.9 Å². The summed E-state index contributed by atoms with van der Waals surface area (Å²) in [7, 11) is 0. The Morgan fingerprint density at radius 3 is 2.69 bits per heavy atom. The van der Waals surface area contributed by atoms with Gasteiger partial charge in [-0.25, -0.2) is 0 Å². The van der Waals surface area contributed by atoms with Gasteiger partial charge in [-0.1, -0.05) is 30.0 Å². The Labute approximate surface area is 82.0 Å². The molecule has 0 aliphatic rings. The lowest BCUT2D eigenvalue weighted by Gasteiger charge is -1.86. The summed E-state index contributed by atoms with van der Waals surface area (Å²) in [4.78, 5) is 0. The second-order valence-corrected chi connectivity index (χ2v) is 3.41. The maximum Gasteiger partial charge on any atom is 0.300 e. The van der Waals surface area contributed by atoms with Crippen LogP contribution in [0.15, 0.2) is 30.3 Å². The Hall–Kier alpha value is -1.40. The van der Waals surface area contributed by atoms with Crippen LogP contribution in [0.3, 0.4) is 0 Å². The smallest absolute Gasteiger partial charge is 0.282 e. The third kappa shape index (κ3) is 4.24. The van der Waals surface area contributed by atoms with Gasteiger partial charge in [-0.15, -0.1) is 0 Å². The zero-order chi connectivity index (χ0) is 9.52. The summed E-state index contributed by atoms with van der Waals surface area (Å²) >= 11 is 1.35.